The van der Waals surface area contributed by atoms with Gasteiger partial charge in [-0.25, -0.2) is 4.98 Å². The standard InChI is InChI=1S/C10H16N4O/c1-10(4-2-6-15-10)7-13-9-12-5-3-8(11)14-9/h3,5H,2,4,6-7H2,1H3,(H3,11,12,13,14). The van der Waals surface area contributed by atoms with Crippen LogP contribution >= 0.6 is 0 Å². The van der Waals surface area contributed by atoms with Crippen molar-refractivity contribution >= 4 is 11.8 Å². The van der Waals surface area contributed by atoms with Crippen molar-refractivity contribution in [2.45, 2.75) is 25.4 Å². The van der Waals surface area contributed by atoms with Gasteiger partial charge in [-0.1, -0.05) is 0 Å². The van der Waals surface area contributed by atoms with Crippen molar-refractivity contribution in [2.24, 2.45) is 0 Å². The number of nitrogens with two attached hydrogens (primary N) is 1. The first kappa shape index (κ1) is 10.2. The zero-order valence-corrected chi connectivity index (χ0v) is 8.86. The Morgan fingerprint density at radius 3 is 3.20 bits per heavy atom. The Hall–Kier alpha value is -1.36. The van der Waals surface area contributed by atoms with Gasteiger partial charge in [0, 0.05) is 19.3 Å². The number of hydrogen-bond acceptors (Lipinski definition) is 5. The Morgan fingerprint density at radius 1 is 1.67 bits per heavy atom. The minimum atomic E-state index is -0.0893. The summed E-state index contributed by atoms with van der Waals surface area (Å²) in [6.07, 6.45) is 3.83. The second kappa shape index (κ2) is 4.02. The molecule has 1 fully saturated rings. The first-order valence-electron chi connectivity index (χ1n) is 5.14. The zero-order chi connectivity index (χ0) is 10.7. The molecule has 0 radical (unpaired) electrons. The molecule has 1 saturated heterocycles. The van der Waals surface area contributed by atoms with E-state index in [1.807, 2.05) is 0 Å². The number of nitrogens with zero attached hydrogens (tertiary/aromatic N) is 2. The molecule has 15 heavy (non-hydrogen) atoms. The van der Waals surface area contributed by atoms with Gasteiger partial charge in [-0.05, 0) is 25.8 Å². The smallest absolute Gasteiger partial charge is 0.224 e. The first-order valence-corrected chi connectivity index (χ1v) is 5.14. The van der Waals surface area contributed by atoms with Gasteiger partial charge in [0.05, 0.1) is 5.60 Å². The molecule has 0 aromatic carbocycles. The maximum absolute atomic E-state index is 5.64. The third-order valence-corrected chi connectivity index (χ3v) is 2.60. The van der Waals surface area contributed by atoms with Crippen LogP contribution < -0.4 is 11.1 Å². The summed E-state index contributed by atoms with van der Waals surface area (Å²) in [5.74, 6) is 1.04. The quantitative estimate of drug-likeness (QED) is 0.776. The molecule has 5 heteroatoms. The summed E-state index contributed by atoms with van der Waals surface area (Å²) in [4.78, 5) is 8.14. The summed E-state index contributed by atoms with van der Waals surface area (Å²) in [5.41, 5.74) is 5.46. The molecule has 1 aromatic rings. The molecule has 1 atom stereocenters. The Labute approximate surface area is 89.1 Å². The van der Waals surface area contributed by atoms with E-state index < -0.39 is 0 Å². The van der Waals surface area contributed by atoms with Crippen molar-refractivity contribution in [1.82, 2.24) is 9.97 Å². The van der Waals surface area contributed by atoms with Gasteiger partial charge in [0.15, 0.2) is 0 Å². The number of rotatable bonds is 3. The fourth-order valence-corrected chi connectivity index (χ4v) is 1.70. The highest BCUT2D eigenvalue weighted by Crippen LogP contribution is 2.24. The van der Waals surface area contributed by atoms with Crippen molar-refractivity contribution in [3.05, 3.63) is 12.3 Å². The molecule has 0 aliphatic carbocycles. The highest BCUT2D eigenvalue weighted by atomic mass is 16.5. The van der Waals surface area contributed by atoms with E-state index in [1.54, 1.807) is 12.3 Å². The van der Waals surface area contributed by atoms with Gasteiger partial charge in [0.2, 0.25) is 5.95 Å². The van der Waals surface area contributed by atoms with Crippen LogP contribution in [0.3, 0.4) is 0 Å². The van der Waals surface area contributed by atoms with Gasteiger partial charge in [-0.2, -0.15) is 4.98 Å². The van der Waals surface area contributed by atoms with E-state index in [9.17, 15) is 0 Å². The fourth-order valence-electron chi connectivity index (χ4n) is 1.70. The molecule has 0 spiro atoms. The van der Waals surface area contributed by atoms with E-state index in [0.717, 1.165) is 26.0 Å². The average molecular weight is 208 g/mol. The van der Waals surface area contributed by atoms with Crippen LogP contribution in [0.15, 0.2) is 12.3 Å². The average Bonchev–Trinajstić information content (AvgIpc) is 2.63. The van der Waals surface area contributed by atoms with Crippen LogP contribution in [-0.4, -0.2) is 28.7 Å². The third-order valence-electron chi connectivity index (χ3n) is 2.60. The molecule has 0 bridgehead atoms. The second-order valence-electron chi connectivity index (χ2n) is 4.06. The van der Waals surface area contributed by atoms with Crippen LogP contribution in [-0.2, 0) is 4.74 Å². The molecule has 3 N–H and O–H groups in total. The maximum Gasteiger partial charge on any atom is 0.224 e. The number of aromatic nitrogens is 2. The van der Waals surface area contributed by atoms with E-state index in [0.29, 0.717) is 11.8 Å². The summed E-state index contributed by atoms with van der Waals surface area (Å²) in [7, 11) is 0. The van der Waals surface area contributed by atoms with Crippen molar-refractivity contribution in [1.29, 1.82) is 0 Å². The molecular weight excluding hydrogens is 192 g/mol. The van der Waals surface area contributed by atoms with Crippen molar-refractivity contribution < 1.29 is 4.74 Å². The first-order chi connectivity index (χ1) is 7.18. The minimum absolute atomic E-state index is 0.0893. The fraction of sp³-hybridized carbons (Fsp3) is 0.600. The molecule has 5 nitrogen and oxygen atoms in total. The molecular formula is C10H16N4O. The third kappa shape index (κ3) is 2.56. The Kier molecular flexibility index (Phi) is 2.73. The molecule has 1 unspecified atom stereocenters. The molecule has 1 aliphatic rings. The largest absolute Gasteiger partial charge is 0.384 e. The van der Waals surface area contributed by atoms with Crippen molar-refractivity contribution in [2.75, 3.05) is 24.2 Å². The lowest BCUT2D eigenvalue weighted by Crippen LogP contribution is -2.33. The number of anilines is 2. The predicted molar refractivity (Wildman–Crippen MR) is 58.5 cm³/mol. The summed E-state index contributed by atoms with van der Waals surface area (Å²) in [6, 6.07) is 1.67. The van der Waals surface area contributed by atoms with E-state index in [2.05, 4.69) is 22.2 Å². The highest BCUT2D eigenvalue weighted by molar-refractivity contribution is 5.35. The molecule has 0 amide bonds. The molecule has 82 valence electrons. The lowest BCUT2D eigenvalue weighted by atomic mass is 10.0. The number of nitrogens with one attached hydrogen (secondary N) is 1. The molecule has 2 heterocycles. The number of ether oxygens (including phenoxy) is 1. The predicted octanol–water partition coefficient (Wildman–Crippen LogP) is 1.04. The maximum atomic E-state index is 5.64. The van der Waals surface area contributed by atoms with Crippen LogP contribution in [0.25, 0.3) is 0 Å². The molecule has 1 aromatic heterocycles. The Morgan fingerprint density at radius 2 is 2.53 bits per heavy atom. The van der Waals surface area contributed by atoms with Gasteiger partial charge in [-0.3, -0.25) is 0 Å². The molecule has 1 aliphatic heterocycles. The van der Waals surface area contributed by atoms with Crippen molar-refractivity contribution in [3.63, 3.8) is 0 Å². The topological polar surface area (TPSA) is 73.1 Å². The van der Waals surface area contributed by atoms with E-state index >= 15 is 0 Å². The molecule has 0 saturated carbocycles. The van der Waals surface area contributed by atoms with Gasteiger partial charge in [-0.15, -0.1) is 0 Å². The lowest BCUT2D eigenvalue weighted by Gasteiger charge is -2.23. The lowest BCUT2D eigenvalue weighted by molar-refractivity contribution is 0.0314. The van der Waals surface area contributed by atoms with Crippen LogP contribution in [0.5, 0.6) is 0 Å². The highest BCUT2D eigenvalue weighted by Gasteiger charge is 2.29. The summed E-state index contributed by atoms with van der Waals surface area (Å²) in [5, 5.41) is 3.14. The van der Waals surface area contributed by atoms with Crippen LogP contribution in [0, 0.1) is 0 Å². The van der Waals surface area contributed by atoms with Crippen LogP contribution in [0.2, 0.25) is 0 Å². The summed E-state index contributed by atoms with van der Waals surface area (Å²) >= 11 is 0. The zero-order valence-electron chi connectivity index (χ0n) is 8.86. The normalized spacial score (nSPS) is 25.4. The minimum Gasteiger partial charge on any atom is -0.384 e. The number of nitrogen functional groups attached to an aromatic ring is 1. The van der Waals surface area contributed by atoms with E-state index in [-0.39, 0.29) is 5.60 Å². The van der Waals surface area contributed by atoms with Gasteiger partial charge >= 0.3 is 0 Å². The SMILES string of the molecule is CC1(CNc2nccc(N)n2)CCCO1. The van der Waals surface area contributed by atoms with Gasteiger partial charge < -0.3 is 15.8 Å². The monoisotopic (exact) mass is 208 g/mol. The Bertz CT molecular complexity index is 336. The van der Waals surface area contributed by atoms with E-state index in [4.69, 9.17) is 10.5 Å². The Balaban J connectivity index is 1.92. The summed E-state index contributed by atoms with van der Waals surface area (Å²) < 4.78 is 5.64. The van der Waals surface area contributed by atoms with Gasteiger partial charge in [0.1, 0.15) is 5.82 Å². The van der Waals surface area contributed by atoms with Gasteiger partial charge in [0.25, 0.3) is 0 Å². The van der Waals surface area contributed by atoms with Crippen molar-refractivity contribution in [3.8, 4) is 0 Å². The molecule has 2 rings (SSSR count). The number of hydrogen-bond donors (Lipinski definition) is 2. The van der Waals surface area contributed by atoms with E-state index in [1.165, 1.54) is 0 Å². The summed E-state index contributed by atoms with van der Waals surface area (Å²) in [6.45, 7) is 3.66. The van der Waals surface area contributed by atoms with Crippen LogP contribution in [0.4, 0.5) is 11.8 Å². The second-order valence-corrected chi connectivity index (χ2v) is 4.06. The van der Waals surface area contributed by atoms with Crippen LogP contribution in [0.1, 0.15) is 19.8 Å².